The summed E-state index contributed by atoms with van der Waals surface area (Å²) in [5.41, 5.74) is 0.982. The van der Waals surface area contributed by atoms with E-state index in [4.69, 9.17) is 0 Å². The summed E-state index contributed by atoms with van der Waals surface area (Å²) >= 11 is 0. The molecule has 3 amide bonds. The average Bonchev–Trinajstić information content (AvgIpc) is 2.71. The van der Waals surface area contributed by atoms with E-state index in [1.54, 1.807) is 26.2 Å². The van der Waals surface area contributed by atoms with Gasteiger partial charge in [0.05, 0.1) is 16.8 Å². The van der Waals surface area contributed by atoms with Crippen molar-refractivity contribution >= 4 is 17.8 Å². The zero-order chi connectivity index (χ0) is 20.4. The number of halogens is 1. The summed E-state index contributed by atoms with van der Waals surface area (Å²) in [6.45, 7) is 5.01. The molecule has 0 bridgehead atoms. The number of imide groups is 1. The molecule has 3 heterocycles. The Hall–Kier alpha value is -2.19. The van der Waals surface area contributed by atoms with Crippen LogP contribution in [0.15, 0.2) is 53.8 Å². The van der Waals surface area contributed by atoms with Crippen LogP contribution in [0, 0.1) is 5.41 Å². The molecular weight excluding hydrogens is 605 g/mol. The van der Waals surface area contributed by atoms with Crippen molar-refractivity contribution in [2.75, 3.05) is 0 Å². The van der Waals surface area contributed by atoms with Crippen molar-refractivity contribution in [3.63, 3.8) is 0 Å². The van der Waals surface area contributed by atoms with Crippen LogP contribution in [0.3, 0.4) is 0 Å². The number of hydrogen-bond acceptors (Lipinski definition) is 6. The van der Waals surface area contributed by atoms with Gasteiger partial charge in [-0.25, -0.2) is 9.79 Å². The van der Waals surface area contributed by atoms with Crippen molar-refractivity contribution in [1.29, 1.82) is 0 Å². The molecule has 3 rings (SSSR count). The first-order chi connectivity index (χ1) is 13.5. The van der Waals surface area contributed by atoms with Gasteiger partial charge in [-0.2, -0.15) is 0 Å². The van der Waals surface area contributed by atoms with Gasteiger partial charge in [0.1, 0.15) is 0 Å². The van der Waals surface area contributed by atoms with Gasteiger partial charge in [-0.1, -0.05) is 26.0 Å². The van der Waals surface area contributed by atoms with E-state index in [1.807, 2.05) is 41.7 Å². The number of rotatable bonds is 6. The molecular formula is C20H26ClN5O4Pt. The van der Waals surface area contributed by atoms with Crippen LogP contribution in [0.1, 0.15) is 38.1 Å². The first kappa shape index (κ1) is 31.0. The van der Waals surface area contributed by atoms with E-state index in [-0.39, 0.29) is 38.9 Å². The molecule has 0 spiro atoms. The molecule has 1 aliphatic rings. The standard InChI is InChI=1S/C12H13N3.C8H12N2O3.ClH.H2O.Pt/c1-3-7-14-11(5-1)9-13-10-12-6-2-4-8-15-12;1-3-8(4-2)5(11)9-7(13)10-6(8)12;;;/h1-8,13H,9-10H2;3-4H2,1-2H3,(H2,9,10,11,12,13);1H;1H2;/q;;;;+2/p-2. The number of nitrogens with one attached hydrogen (secondary N) is 2. The number of hydrogen-bond donors (Lipinski definition) is 2. The second-order valence-corrected chi connectivity index (χ2v) is 6.21. The van der Waals surface area contributed by atoms with Gasteiger partial charge in [0.15, 0.2) is 0 Å². The van der Waals surface area contributed by atoms with Crippen molar-refractivity contribution in [3.05, 3.63) is 60.2 Å². The number of pyridine rings is 2. The molecule has 0 saturated carbocycles. The molecule has 0 fully saturated rings. The quantitative estimate of drug-likeness (QED) is 0.368. The molecule has 0 aliphatic carbocycles. The number of nitrogens with zero attached hydrogens (tertiary/aromatic N) is 3. The second-order valence-electron chi connectivity index (χ2n) is 6.21. The van der Waals surface area contributed by atoms with Crippen LogP contribution in [0.5, 0.6) is 0 Å². The van der Waals surface area contributed by atoms with Gasteiger partial charge in [0, 0.05) is 25.5 Å². The van der Waals surface area contributed by atoms with E-state index in [9.17, 15) is 14.7 Å². The Bertz CT molecular complexity index is 781. The van der Waals surface area contributed by atoms with Gasteiger partial charge < -0.3 is 28.3 Å². The molecule has 9 nitrogen and oxygen atoms in total. The molecule has 0 atom stereocenters. The molecule has 2 aromatic rings. The molecule has 0 radical (unpaired) electrons. The average molecular weight is 631 g/mol. The minimum absolute atomic E-state index is 0. The maximum atomic E-state index is 11.4. The van der Waals surface area contributed by atoms with E-state index < -0.39 is 23.3 Å². The van der Waals surface area contributed by atoms with Crippen molar-refractivity contribution in [2.24, 2.45) is 10.4 Å². The zero-order valence-corrected chi connectivity index (χ0v) is 20.2. The van der Waals surface area contributed by atoms with Gasteiger partial charge in [-0.05, 0) is 43.0 Å². The Labute approximate surface area is 202 Å². The predicted molar refractivity (Wildman–Crippen MR) is 107 cm³/mol. The topological polar surface area (TPSA) is 151 Å². The molecule has 31 heavy (non-hydrogen) atoms. The Balaban J connectivity index is 0. The van der Waals surface area contributed by atoms with Gasteiger partial charge in [-0.3, -0.25) is 20.1 Å². The monoisotopic (exact) mass is 630 g/mol. The third kappa shape index (κ3) is 8.83. The Morgan fingerprint density at radius 2 is 1.45 bits per heavy atom. The predicted octanol–water partition coefficient (Wildman–Crippen LogP) is -2.26. The van der Waals surface area contributed by atoms with Crippen LogP contribution in [0.4, 0.5) is 4.79 Å². The van der Waals surface area contributed by atoms with Crippen molar-refractivity contribution in [3.8, 4) is 0 Å². The smallest absolute Gasteiger partial charge is 1.00 e. The van der Waals surface area contributed by atoms with E-state index in [1.165, 1.54) is 0 Å². The van der Waals surface area contributed by atoms with Gasteiger partial charge in [-0.15, -0.1) is 0 Å². The molecule has 4 N–H and O–H groups in total. The third-order valence-electron chi connectivity index (χ3n) is 4.54. The summed E-state index contributed by atoms with van der Waals surface area (Å²) in [5, 5.41) is 16.7. The zero-order valence-electron chi connectivity index (χ0n) is 17.2. The maximum Gasteiger partial charge on any atom is 2.00 e. The Kier molecular flexibility index (Phi) is 15.6. The second kappa shape index (κ2) is 15.6. The number of urea groups is 1. The summed E-state index contributed by atoms with van der Waals surface area (Å²) in [6, 6.07) is 11.0. The maximum absolute atomic E-state index is 11.4. The molecule has 172 valence electrons. The number of carbonyl (C=O) groups is 2. The van der Waals surface area contributed by atoms with Gasteiger partial charge in [0.25, 0.3) is 0 Å². The van der Waals surface area contributed by atoms with Crippen molar-refractivity contribution in [1.82, 2.24) is 20.6 Å². The van der Waals surface area contributed by atoms with Crippen LogP contribution in [0.25, 0.3) is 0 Å². The Morgan fingerprint density at radius 3 is 1.81 bits per heavy atom. The summed E-state index contributed by atoms with van der Waals surface area (Å²) in [5.74, 6) is -1.14. The number of aliphatic imine (C=N–C) groups is 1. The minimum atomic E-state index is -1.12. The molecule has 0 saturated heterocycles. The fraction of sp³-hybridized carbons (Fsp3) is 0.350. The first-order valence-corrected chi connectivity index (χ1v) is 9.14. The van der Waals surface area contributed by atoms with E-state index in [0.717, 1.165) is 24.5 Å². The summed E-state index contributed by atoms with van der Waals surface area (Å²) in [4.78, 5) is 33.7. The van der Waals surface area contributed by atoms with Gasteiger partial charge >= 0.3 is 27.1 Å². The minimum Gasteiger partial charge on any atom is -1.00 e. The van der Waals surface area contributed by atoms with Crippen LogP contribution < -0.4 is 28.1 Å². The molecule has 0 unspecified atom stereocenters. The molecule has 0 aromatic carbocycles. The van der Waals surface area contributed by atoms with Crippen molar-refractivity contribution < 1.29 is 53.6 Å². The van der Waals surface area contributed by atoms with Crippen LogP contribution in [0.2, 0.25) is 0 Å². The van der Waals surface area contributed by atoms with Crippen LogP contribution >= 0.6 is 0 Å². The van der Waals surface area contributed by atoms with E-state index in [0.29, 0.717) is 12.8 Å². The van der Waals surface area contributed by atoms with E-state index in [2.05, 4.69) is 20.3 Å². The fourth-order valence-corrected chi connectivity index (χ4v) is 2.74. The van der Waals surface area contributed by atoms with Crippen LogP contribution in [-0.4, -0.2) is 33.3 Å². The van der Waals surface area contributed by atoms with Gasteiger partial charge in [0.2, 0.25) is 5.91 Å². The van der Waals surface area contributed by atoms with E-state index >= 15 is 0 Å². The molecule has 11 heteroatoms. The summed E-state index contributed by atoms with van der Waals surface area (Å²) in [7, 11) is 0. The first-order valence-electron chi connectivity index (χ1n) is 9.14. The fourth-order valence-electron chi connectivity index (χ4n) is 2.74. The molecule has 1 aliphatic heterocycles. The number of carbonyl (C=O) groups excluding carboxylic acids is 2. The Morgan fingerprint density at radius 1 is 0.968 bits per heavy atom. The largest absolute Gasteiger partial charge is 2.00 e. The number of aromatic nitrogens is 2. The number of amides is 3. The SMILES string of the molecule is CCC1(CC)C(=O)NC(=O)N=C1[O-].O.[Cl-].[Pt+2].c1ccc(CNCc2ccccn2)nc1. The summed E-state index contributed by atoms with van der Waals surface area (Å²) < 4.78 is 0. The van der Waals surface area contributed by atoms with Crippen LogP contribution in [-0.2, 0) is 38.9 Å². The third-order valence-corrected chi connectivity index (χ3v) is 4.54. The molecule has 2 aromatic heterocycles. The summed E-state index contributed by atoms with van der Waals surface area (Å²) in [6.07, 6.45) is 4.34. The normalized spacial score (nSPS) is 13.7. The van der Waals surface area contributed by atoms with Crippen molar-refractivity contribution in [2.45, 2.75) is 39.8 Å².